The van der Waals surface area contributed by atoms with E-state index in [-0.39, 0.29) is 10.6 Å². The lowest BCUT2D eigenvalue weighted by Crippen LogP contribution is -2.12. The number of carbonyl (C=O) groups excluding carboxylic acids is 1. The van der Waals surface area contributed by atoms with Gasteiger partial charge in [-0.2, -0.15) is 5.10 Å². The average molecular weight is 317 g/mol. The van der Waals surface area contributed by atoms with Crippen LogP contribution in [0, 0.1) is 5.41 Å². The summed E-state index contributed by atoms with van der Waals surface area (Å²) < 4.78 is 6.55. The van der Waals surface area contributed by atoms with Crippen LogP contribution in [0.4, 0.5) is 0 Å². The number of rotatable bonds is 4. The maximum Gasteiger partial charge on any atom is 0.233 e. The molecule has 3 rings (SSSR count). The van der Waals surface area contributed by atoms with Crippen molar-refractivity contribution < 1.29 is 9.53 Å². The van der Waals surface area contributed by atoms with Crippen LogP contribution >= 0.6 is 22.7 Å². The van der Waals surface area contributed by atoms with Gasteiger partial charge >= 0.3 is 0 Å². The molecule has 3 aromatic rings. The zero-order valence-corrected chi connectivity index (χ0v) is 12.7. The van der Waals surface area contributed by atoms with Crippen LogP contribution in [0.1, 0.15) is 14.7 Å². The molecule has 0 amide bonds. The van der Waals surface area contributed by atoms with Gasteiger partial charge in [-0.1, -0.05) is 17.4 Å². The summed E-state index contributed by atoms with van der Waals surface area (Å²) in [5.74, 6) is 0.590. The molecule has 0 aliphatic rings. The summed E-state index contributed by atoms with van der Waals surface area (Å²) in [6.07, 6.45) is 0. The van der Waals surface area contributed by atoms with Crippen LogP contribution in [0.5, 0.6) is 5.75 Å². The Balaban J connectivity index is 1.97. The number of ether oxygens (including phenoxy) is 1. The summed E-state index contributed by atoms with van der Waals surface area (Å²) in [6, 6.07) is 10.8. The van der Waals surface area contributed by atoms with E-state index >= 15 is 0 Å². The second-order valence-corrected chi connectivity index (χ2v) is 6.05. The minimum atomic E-state index is -0.143. The number of methoxy groups -OCH3 is 1. The van der Waals surface area contributed by atoms with Gasteiger partial charge in [0.15, 0.2) is 5.01 Å². The number of nitrogens with zero attached hydrogens (tertiary/aromatic N) is 2. The monoisotopic (exact) mass is 317 g/mol. The SMILES string of the molecule is COc1ccc(-n2nc(C(=O)c3cccs3)sc2=N)cc1. The number of carbonyl (C=O) groups is 1. The van der Waals surface area contributed by atoms with E-state index in [0.717, 1.165) is 22.8 Å². The van der Waals surface area contributed by atoms with Crippen molar-refractivity contribution >= 4 is 28.5 Å². The molecular formula is C14H11N3O2S2. The lowest BCUT2D eigenvalue weighted by Gasteiger charge is -2.02. The number of hydrogen-bond donors (Lipinski definition) is 1. The summed E-state index contributed by atoms with van der Waals surface area (Å²) in [5.41, 5.74) is 0.724. The van der Waals surface area contributed by atoms with Gasteiger partial charge in [-0.15, -0.1) is 11.3 Å². The fraction of sp³-hybridized carbons (Fsp3) is 0.0714. The molecule has 21 heavy (non-hydrogen) atoms. The Morgan fingerprint density at radius 3 is 2.67 bits per heavy atom. The Bertz CT molecular complexity index is 817. The van der Waals surface area contributed by atoms with Crippen molar-refractivity contribution in [1.29, 1.82) is 5.41 Å². The van der Waals surface area contributed by atoms with Gasteiger partial charge in [-0.25, -0.2) is 4.68 Å². The highest BCUT2D eigenvalue weighted by Gasteiger charge is 2.16. The van der Waals surface area contributed by atoms with E-state index in [0.29, 0.717) is 9.88 Å². The van der Waals surface area contributed by atoms with Crippen LogP contribution in [-0.4, -0.2) is 22.7 Å². The molecule has 2 heterocycles. The van der Waals surface area contributed by atoms with Crippen molar-refractivity contribution in [3.8, 4) is 11.4 Å². The highest BCUT2D eigenvalue weighted by atomic mass is 32.1. The minimum Gasteiger partial charge on any atom is -0.497 e. The molecule has 0 saturated heterocycles. The Morgan fingerprint density at radius 2 is 2.05 bits per heavy atom. The molecule has 1 aromatic carbocycles. The highest BCUT2D eigenvalue weighted by molar-refractivity contribution is 7.15. The summed E-state index contributed by atoms with van der Waals surface area (Å²) >= 11 is 2.44. The maximum atomic E-state index is 12.2. The van der Waals surface area contributed by atoms with Crippen molar-refractivity contribution in [2.75, 3.05) is 7.11 Å². The Labute approximate surface area is 128 Å². The van der Waals surface area contributed by atoms with E-state index in [1.54, 1.807) is 37.4 Å². The van der Waals surface area contributed by atoms with Gasteiger partial charge in [0.25, 0.3) is 0 Å². The molecule has 0 aliphatic heterocycles. The third-order valence-corrected chi connectivity index (χ3v) is 4.53. The molecule has 0 spiro atoms. The second kappa shape index (κ2) is 5.63. The first-order valence-electron chi connectivity index (χ1n) is 6.06. The number of nitrogens with one attached hydrogen (secondary N) is 1. The van der Waals surface area contributed by atoms with Crippen LogP contribution in [0.25, 0.3) is 5.69 Å². The third kappa shape index (κ3) is 2.65. The topological polar surface area (TPSA) is 68.0 Å². The van der Waals surface area contributed by atoms with Gasteiger partial charge in [0, 0.05) is 0 Å². The van der Waals surface area contributed by atoms with Crippen LogP contribution in [0.3, 0.4) is 0 Å². The van der Waals surface area contributed by atoms with Crippen molar-refractivity contribution in [1.82, 2.24) is 9.78 Å². The quantitative estimate of drug-likeness (QED) is 0.752. The largest absolute Gasteiger partial charge is 0.497 e. The highest BCUT2D eigenvalue weighted by Crippen LogP contribution is 2.17. The lowest BCUT2D eigenvalue weighted by molar-refractivity contribution is 0.104. The molecular weight excluding hydrogens is 306 g/mol. The van der Waals surface area contributed by atoms with Crippen LogP contribution in [-0.2, 0) is 0 Å². The van der Waals surface area contributed by atoms with Gasteiger partial charge in [0.2, 0.25) is 10.6 Å². The first-order chi connectivity index (χ1) is 10.2. The third-order valence-electron chi connectivity index (χ3n) is 2.83. The summed E-state index contributed by atoms with van der Waals surface area (Å²) in [6.45, 7) is 0. The number of benzene rings is 1. The fourth-order valence-corrected chi connectivity index (χ4v) is 3.26. The average Bonchev–Trinajstić information content (AvgIpc) is 3.16. The predicted molar refractivity (Wildman–Crippen MR) is 81.6 cm³/mol. The summed E-state index contributed by atoms with van der Waals surface area (Å²) in [5, 5.41) is 14.4. The lowest BCUT2D eigenvalue weighted by atomic mass is 10.3. The first-order valence-corrected chi connectivity index (χ1v) is 7.76. The molecule has 7 heteroatoms. The first kappa shape index (κ1) is 13.7. The smallest absolute Gasteiger partial charge is 0.233 e. The van der Waals surface area contributed by atoms with Crippen molar-refractivity contribution in [2.45, 2.75) is 0 Å². The van der Waals surface area contributed by atoms with E-state index in [1.807, 2.05) is 11.4 Å². The Morgan fingerprint density at radius 1 is 1.29 bits per heavy atom. The summed E-state index contributed by atoms with van der Waals surface area (Å²) in [7, 11) is 1.60. The van der Waals surface area contributed by atoms with Crippen LogP contribution in [0.15, 0.2) is 41.8 Å². The molecule has 0 fully saturated rings. The molecule has 0 aliphatic carbocycles. The van der Waals surface area contributed by atoms with Crippen LogP contribution < -0.4 is 9.54 Å². The molecule has 5 nitrogen and oxygen atoms in total. The molecule has 0 bridgehead atoms. The normalized spacial score (nSPS) is 10.5. The van der Waals surface area contributed by atoms with E-state index in [2.05, 4.69) is 5.10 Å². The van der Waals surface area contributed by atoms with Gasteiger partial charge in [-0.3, -0.25) is 10.2 Å². The van der Waals surface area contributed by atoms with E-state index < -0.39 is 0 Å². The zero-order valence-electron chi connectivity index (χ0n) is 11.1. The molecule has 0 unspecified atom stereocenters. The van der Waals surface area contributed by atoms with Crippen molar-refractivity contribution in [2.24, 2.45) is 0 Å². The van der Waals surface area contributed by atoms with Crippen molar-refractivity contribution in [3.63, 3.8) is 0 Å². The molecule has 2 aromatic heterocycles. The number of aromatic nitrogens is 2. The molecule has 0 saturated carbocycles. The summed E-state index contributed by atoms with van der Waals surface area (Å²) in [4.78, 5) is 13.1. The number of hydrogen-bond acceptors (Lipinski definition) is 6. The van der Waals surface area contributed by atoms with Gasteiger partial charge < -0.3 is 4.74 Å². The maximum absolute atomic E-state index is 12.2. The van der Waals surface area contributed by atoms with E-state index in [1.165, 1.54) is 16.0 Å². The van der Waals surface area contributed by atoms with E-state index in [9.17, 15) is 4.79 Å². The second-order valence-electron chi connectivity index (χ2n) is 4.13. The minimum absolute atomic E-state index is 0.143. The Kier molecular flexibility index (Phi) is 3.68. The molecule has 0 atom stereocenters. The standard InChI is InChI=1S/C14H11N3O2S2/c1-19-10-6-4-9(5-7-10)17-14(15)21-13(16-17)12(18)11-3-2-8-20-11/h2-8,15H,1H3. The van der Waals surface area contributed by atoms with Gasteiger partial charge in [-0.05, 0) is 35.7 Å². The molecule has 106 valence electrons. The van der Waals surface area contributed by atoms with Gasteiger partial charge in [0.05, 0.1) is 17.7 Å². The molecule has 0 radical (unpaired) electrons. The Hall–Kier alpha value is -2.25. The predicted octanol–water partition coefficient (Wildman–Crippen LogP) is 2.71. The number of thiophene rings is 1. The fourth-order valence-electron chi connectivity index (χ4n) is 1.79. The molecule has 1 N–H and O–H groups in total. The van der Waals surface area contributed by atoms with E-state index in [4.69, 9.17) is 10.1 Å². The van der Waals surface area contributed by atoms with Crippen LogP contribution in [0.2, 0.25) is 0 Å². The number of ketones is 1. The van der Waals surface area contributed by atoms with Gasteiger partial charge in [0.1, 0.15) is 5.75 Å². The van der Waals surface area contributed by atoms with Crippen molar-refractivity contribution in [3.05, 3.63) is 56.5 Å². The zero-order chi connectivity index (χ0) is 14.8.